The van der Waals surface area contributed by atoms with Crippen LogP contribution in [0.4, 0.5) is 0 Å². The molecule has 0 radical (unpaired) electrons. The van der Waals surface area contributed by atoms with Gasteiger partial charge in [0.1, 0.15) is 0 Å². The number of fused-ring (bicyclic) bond motifs is 5. The summed E-state index contributed by atoms with van der Waals surface area (Å²) in [7, 11) is 0. The maximum Gasteiger partial charge on any atom is 0.155 e. The SMILES string of the molecule is C=C(N=C(N=C(C)c1ccccc1-n1c2cccc3c4cccc5c6ccccc6n(c6cccc1c6c32)c45)C1=CC=CCC1)c1ccccc1. The van der Waals surface area contributed by atoms with Gasteiger partial charge in [-0.25, -0.2) is 9.98 Å². The average molecular weight is 655 g/mol. The lowest BCUT2D eigenvalue weighted by Gasteiger charge is -2.15. The van der Waals surface area contributed by atoms with Crippen molar-refractivity contribution in [3.63, 3.8) is 0 Å². The van der Waals surface area contributed by atoms with E-state index in [2.05, 4.69) is 144 Å². The lowest BCUT2D eigenvalue weighted by atomic mass is 10.0. The molecule has 0 fully saturated rings. The van der Waals surface area contributed by atoms with Gasteiger partial charge in [-0.2, -0.15) is 0 Å². The second-order valence-corrected chi connectivity index (χ2v) is 13.4. The fraction of sp³-hybridized carbons (Fsp3) is 0.0638. The van der Waals surface area contributed by atoms with Crippen LogP contribution in [0.2, 0.25) is 0 Å². The Morgan fingerprint density at radius 2 is 1.25 bits per heavy atom. The van der Waals surface area contributed by atoms with Gasteiger partial charge in [-0.05, 0) is 66.6 Å². The van der Waals surface area contributed by atoms with Gasteiger partial charge in [0.15, 0.2) is 5.84 Å². The van der Waals surface area contributed by atoms with E-state index in [-0.39, 0.29) is 0 Å². The number of rotatable bonds is 5. The van der Waals surface area contributed by atoms with Gasteiger partial charge in [0.2, 0.25) is 0 Å². The lowest BCUT2D eigenvalue weighted by molar-refractivity contribution is 0.999. The molecule has 0 atom stereocenters. The van der Waals surface area contributed by atoms with E-state index in [4.69, 9.17) is 9.98 Å². The van der Waals surface area contributed by atoms with Crippen LogP contribution in [0.3, 0.4) is 0 Å². The molecule has 1 aliphatic carbocycles. The monoisotopic (exact) mass is 654 g/mol. The molecular weight excluding hydrogens is 621 g/mol. The van der Waals surface area contributed by atoms with Crippen molar-refractivity contribution < 1.29 is 0 Å². The minimum absolute atomic E-state index is 0.703. The van der Waals surface area contributed by atoms with E-state index < -0.39 is 0 Å². The van der Waals surface area contributed by atoms with Crippen molar-refractivity contribution in [2.45, 2.75) is 19.8 Å². The van der Waals surface area contributed by atoms with Crippen molar-refractivity contribution in [1.29, 1.82) is 0 Å². The molecule has 3 heterocycles. The van der Waals surface area contributed by atoms with E-state index >= 15 is 0 Å². The summed E-state index contributed by atoms with van der Waals surface area (Å²) in [6.45, 7) is 6.44. The van der Waals surface area contributed by atoms with Gasteiger partial charge in [-0.3, -0.25) is 0 Å². The largest absolute Gasteiger partial charge is 0.308 e. The molecule has 4 heteroatoms. The Balaban J connectivity index is 1.25. The number of para-hydroxylation sites is 3. The van der Waals surface area contributed by atoms with Gasteiger partial charge in [-0.15, -0.1) is 0 Å². The van der Waals surface area contributed by atoms with Crippen LogP contribution in [0.25, 0.3) is 71.3 Å². The third-order valence-corrected chi connectivity index (χ3v) is 10.5. The van der Waals surface area contributed by atoms with Crippen LogP contribution in [0.5, 0.6) is 0 Å². The molecule has 0 amide bonds. The zero-order valence-electron chi connectivity index (χ0n) is 28.3. The predicted molar refractivity (Wildman–Crippen MR) is 217 cm³/mol. The number of hydrogen-bond donors (Lipinski definition) is 0. The fourth-order valence-electron chi connectivity index (χ4n) is 8.22. The minimum Gasteiger partial charge on any atom is -0.308 e. The highest BCUT2D eigenvalue weighted by atomic mass is 15.0. The van der Waals surface area contributed by atoms with Gasteiger partial charge in [-0.1, -0.05) is 128 Å². The summed E-state index contributed by atoms with van der Waals surface area (Å²) < 4.78 is 4.92. The first-order valence-corrected chi connectivity index (χ1v) is 17.6. The van der Waals surface area contributed by atoms with Gasteiger partial charge in [0.25, 0.3) is 0 Å². The third kappa shape index (κ3) is 4.46. The highest BCUT2D eigenvalue weighted by molar-refractivity contribution is 6.31. The average Bonchev–Trinajstić information content (AvgIpc) is 3.67. The number of aliphatic imine (C=N–C) groups is 2. The summed E-state index contributed by atoms with van der Waals surface area (Å²) in [6, 6.07) is 47.8. The number of hydrogen-bond acceptors (Lipinski definition) is 1. The zero-order valence-corrected chi connectivity index (χ0v) is 28.3. The molecular formula is C47H34N4. The Morgan fingerprint density at radius 1 is 0.608 bits per heavy atom. The molecule has 3 aromatic heterocycles. The molecule has 242 valence electrons. The van der Waals surface area contributed by atoms with Crippen molar-refractivity contribution in [1.82, 2.24) is 8.97 Å². The van der Waals surface area contributed by atoms with E-state index in [0.29, 0.717) is 11.5 Å². The summed E-state index contributed by atoms with van der Waals surface area (Å²) in [5.41, 5.74) is 11.9. The van der Waals surface area contributed by atoms with Crippen LogP contribution in [0, 0.1) is 0 Å². The van der Waals surface area contributed by atoms with Gasteiger partial charge >= 0.3 is 0 Å². The Hall–Kier alpha value is -6.52. The zero-order chi connectivity index (χ0) is 34.1. The van der Waals surface area contributed by atoms with Crippen LogP contribution in [-0.2, 0) is 0 Å². The fourth-order valence-corrected chi connectivity index (χ4v) is 8.22. The normalized spacial score (nSPS) is 14.2. The second-order valence-electron chi connectivity index (χ2n) is 13.4. The summed E-state index contributed by atoms with van der Waals surface area (Å²) in [6.07, 6.45) is 8.29. The number of amidine groups is 1. The number of aromatic nitrogens is 2. The molecule has 9 aromatic rings. The Kier molecular flexibility index (Phi) is 6.65. The summed E-state index contributed by atoms with van der Waals surface area (Å²) in [5, 5.41) is 7.59. The first-order chi connectivity index (χ1) is 25.2. The van der Waals surface area contributed by atoms with Gasteiger partial charge in [0, 0.05) is 38.2 Å². The number of nitrogens with zero attached hydrogens (tertiary/aromatic N) is 4. The summed E-state index contributed by atoms with van der Waals surface area (Å²) in [5.74, 6) is 0.710. The van der Waals surface area contributed by atoms with E-state index in [1.54, 1.807) is 0 Å². The molecule has 51 heavy (non-hydrogen) atoms. The van der Waals surface area contributed by atoms with Crippen LogP contribution < -0.4 is 0 Å². The van der Waals surface area contributed by atoms with Crippen molar-refractivity contribution >= 4 is 77.1 Å². The minimum atomic E-state index is 0.703. The Morgan fingerprint density at radius 3 is 2.10 bits per heavy atom. The topological polar surface area (TPSA) is 34.1 Å². The van der Waals surface area contributed by atoms with Gasteiger partial charge in [0.05, 0.1) is 39.0 Å². The first-order valence-electron chi connectivity index (χ1n) is 17.6. The number of allylic oxidation sites excluding steroid dienone is 3. The predicted octanol–water partition coefficient (Wildman–Crippen LogP) is 12.1. The van der Waals surface area contributed by atoms with Crippen molar-refractivity contribution in [2.75, 3.05) is 0 Å². The maximum atomic E-state index is 5.30. The molecule has 0 saturated heterocycles. The number of benzene rings is 6. The van der Waals surface area contributed by atoms with Crippen molar-refractivity contribution in [2.24, 2.45) is 9.98 Å². The molecule has 6 aromatic carbocycles. The Bertz CT molecular complexity index is 2980. The van der Waals surface area contributed by atoms with Crippen molar-refractivity contribution in [3.05, 3.63) is 175 Å². The molecule has 0 unspecified atom stereocenters. The standard InChI is InChI=1S/C47H34N4/c1-30(32-16-5-3-6-17-32)48-47(33-18-7-4-8-19-33)49-31(2)34-20-9-11-25-39(34)50-41-27-14-22-36-38-24-13-23-37-35-21-10-12-26-40(35)51(46(37)38)43-29-15-28-42(50)45(43)44(36)41/h3-7,9-18,20-29H,1,8,19H2,2H3. The summed E-state index contributed by atoms with van der Waals surface area (Å²) in [4.78, 5) is 10.4. The third-order valence-electron chi connectivity index (χ3n) is 10.5. The van der Waals surface area contributed by atoms with Crippen LogP contribution in [-0.4, -0.2) is 20.5 Å². The first kappa shape index (κ1) is 29.4. The smallest absolute Gasteiger partial charge is 0.155 e. The quantitative estimate of drug-likeness (QED) is 0.131. The van der Waals surface area contributed by atoms with E-state index in [1.165, 1.54) is 59.9 Å². The molecule has 0 bridgehead atoms. The van der Waals surface area contributed by atoms with E-state index in [0.717, 1.165) is 40.9 Å². The van der Waals surface area contributed by atoms with Crippen LogP contribution in [0.15, 0.2) is 174 Å². The van der Waals surface area contributed by atoms with Crippen LogP contribution >= 0.6 is 0 Å². The molecule has 4 nitrogen and oxygen atoms in total. The second kappa shape index (κ2) is 11.5. The van der Waals surface area contributed by atoms with Gasteiger partial charge < -0.3 is 8.97 Å². The highest BCUT2D eigenvalue weighted by Gasteiger charge is 2.23. The van der Waals surface area contributed by atoms with Crippen molar-refractivity contribution in [3.8, 4) is 5.69 Å². The van der Waals surface area contributed by atoms with Crippen LogP contribution in [0.1, 0.15) is 30.9 Å². The molecule has 0 N–H and O–H groups in total. The Labute approximate surface area is 295 Å². The molecule has 0 spiro atoms. The maximum absolute atomic E-state index is 5.30. The molecule has 0 aliphatic heterocycles. The van der Waals surface area contributed by atoms with E-state index in [9.17, 15) is 0 Å². The molecule has 0 saturated carbocycles. The lowest BCUT2D eigenvalue weighted by Crippen LogP contribution is -2.09. The molecule has 10 rings (SSSR count). The summed E-state index contributed by atoms with van der Waals surface area (Å²) >= 11 is 0. The molecule has 1 aliphatic rings. The highest BCUT2D eigenvalue weighted by Crippen LogP contribution is 2.44. The van der Waals surface area contributed by atoms with E-state index in [1.807, 2.05) is 30.3 Å².